The number of alkyl halides is 3. The van der Waals surface area contributed by atoms with Gasteiger partial charge in [-0.1, -0.05) is 26.7 Å². The number of nitrogens with zero attached hydrogens (tertiary/aromatic N) is 4. The Kier molecular flexibility index (Phi) is 9.53. The van der Waals surface area contributed by atoms with Crippen molar-refractivity contribution in [2.24, 2.45) is 11.7 Å². The van der Waals surface area contributed by atoms with E-state index in [4.69, 9.17) is 5.73 Å². The van der Waals surface area contributed by atoms with Crippen LogP contribution < -0.4 is 16.4 Å². The molecule has 2 atom stereocenters. The third kappa shape index (κ3) is 7.12. The normalized spacial score (nSPS) is 20.7. The molecular formula is C26H36F3N7O2. The number of anilines is 3. The first-order chi connectivity index (χ1) is 17.6. The molecule has 0 spiro atoms. The molecule has 9 nitrogen and oxygen atoms in total. The van der Waals surface area contributed by atoms with Crippen molar-refractivity contribution in [2.75, 3.05) is 43.9 Å². The average Bonchev–Trinajstić information content (AvgIpc) is 3.09. The fourth-order valence-electron chi connectivity index (χ4n) is 4.77. The standard InChI is InChI=1S/C25H32F3N7O2.CH4/c1-34-11-13-35(14-12-34)23(37)16-7-9-17(10-8-16)31-24-30-15-19(25(26,27)28)22(33-24)32-20-6-4-2-3-5-18(20)21(29)36;/h7-10,15,18,20H,2-6,11-14H2,1H3,(H2,29,36)(H2,30,31,32,33);1H4/t18-,20+;/m0./s1. The van der Waals surface area contributed by atoms with Gasteiger partial charge < -0.3 is 26.2 Å². The van der Waals surface area contributed by atoms with E-state index in [2.05, 4.69) is 25.5 Å². The molecule has 38 heavy (non-hydrogen) atoms. The molecule has 0 unspecified atom stereocenters. The van der Waals surface area contributed by atoms with E-state index in [1.165, 1.54) is 0 Å². The van der Waals surface area contributed by atoms with E-state index < -0.39 is 35.4 Å². The average molecular weight is 536 g/mol. The summed E-state index contributed by atoms with van der Waals surface area (Å²) in [5.74, 6) is -1.63. The number of halogens is 3. The Balaban J connectivity index is 0.00000400. The van der Waals surface area contributed by atoms with Crippen LogP contribution in [0.5, 0.6) is 0 Å². The van der Waals surface area contributed by atoms with Gasteiger partial charge in [0.05, 0.1) is 5.92 Å². The number of likely N-dealkylation sites (N-methyl/N-ethyl adjacent to an activating group) is 1. The topological polar surface area (TPSA) is 116 Å². The lowest BCUT2D eigenvalue weighted by molar-refractivity contribution is -0.137. The van der Waals surface area contributed by atoms with E-state index in [0.717, 1.165) is 38.5 Å². The monoisotopic (exact) mass is 535 g/mol. The minimum absolute atomic E-state index is 0. The maximum Gasteiger partial charge on any atom is 0.421 e. The van der Waals surface area contributed by atoms with E-state index >= 15 is 0 Å². The second-order valence-corrected chi connectivity index (χ2v) is 9.65. The highest BCUT2D eigenvalue weighted by atomic mass is 19.4. The van der Waals surface area contributed by atoms with Crippen LogP contribution in [0.3, 0.4) is 0 Å². The Hall–Kier alpha value is -3.41. The predicted molar refractivity (Wildman–Crippen MR) is 140 cm³/mol. The lowest BCUT2D eigenvalue weighted by Gasteiger charge is -2.32. The molecule has 4 rings (SSSR count). The number of carbonyl (C=O) groups excluding carboxylic acids is 2. The van der Waals surface area contributed by atoms with Crippen molar-refractivity contribution >= 4 is 29.3 Å². The summed E-state index contributed by atoms with van der Waals surface area (Å²) in [7, 11) is 2.01. The van der Waals surface area contributed by atoms with Gasteiger partial charge in [0.1, 0.15) is 11.4 Å². The molecule has 1 aliphatic heterocycles. The van der Waals surface area contributed by atoms with E-state index in [1.807, 2.05) is 7.05 Å². The molecule has 208 valence electrons. The number of carbonyl (C=O) groups is 2. The molecule has 2 aromatic rings. The van der Waals surface area contributed by atoms with Gasteiger partial charge in [-0.2, -0.15) is 18.2 Å². The largest absolute Gasteiger partial charge is 0.421 e. The van der Waals surface area contributed by atoms with Crippen LogP contribution in [0.25, 0.3) is 0 Å². The van der Waals surface area contributed by atoms with Crippen molar-refractivity contribution in [3.8, 4) is 0 Å². The van der Waals surface area contributed by atoms with Crippen LogP contribution in [0, 0.1) is 5.92 Å². The SMILES string of the molecule is C.CN1CCN(C(=O)c2ccc(Nc3ncc(C(F)(F)F)c(N[C@@H]4CCCCC[C@@H]4C(N)=O)n3)cc2)CC1. The van der Waals surface area contributed by atoms with Crippen molar-refractivity contribution in [1.82, 2.24) is 19.8 Å². The number of piperazine rings is 1. The maximum absolute atomic E-state index is 13.7. The van der Waals surface area contributed by atoms with Crippen molar-refractivity contribution in [2.45, 2.75) is 51.7 Å². The minimum atomic E-state index is -4.68. The zero-order valence-electron chi connectivity index (χ0n) is 20.7. The van der Waals surface area contributed by atoms with Crippen LogP contribution in [-0.4, -0.2) is 70.9 Å². The van der Waals surface area contributed by atoms with Crippen LogP contribution in [0.2, 0.25) is 0 Å². The first kappa shape index (κ1) is 29.2. The number of nitrogens with two attached hydrogens (primary N) is 1. The molecule has 12 heteroatoms. The Bertz CT molecular complexity index is 1100. The molecule has 4 N–H and O–H groups in total. The van der Waals surface area contributed by atoms with Crippen LogP contribution >= 0.6 is 0 Å². The summed E-state index contributed by atoms with van der Waals surface area (Å²) >= 11 is 0. The summed E-state index contributed by atoms with van der Waals surface area (Å²) in [5, 5.41) is 5.76. The van der Waals surface area contributed by atoms with Crippen molar-refractivity contribution < 1.29 is 22.8 Å². The molecule has 0 bridgehead atoms. The minimum Gasteiger partial charge on any atom is -0.369 e. The summed E-state index contributed by atoms with van der Waals surface area (Å²) in [4.78, 5) is 36.6. The molecule has 1 aromatic heterocycles. The summed E-state index contributed by atoms with van der Waals surface area (Å²) < 4.78 is 41.2. The zero-order valence-corrected chi connectivity index (χ0v) is 20.7. The van der Waals surface area contributed by atoms with Crippen LogP contribution in [0.15, 0.2) is 30.5 Å². The van der Waals surface area contributed by atoms with Gasteiger partial charge in [0.2, 0.25) is 11.9 Å². The van der Waals surface area contributed by atoms with Gasteiger partial charge in [0.25, 0.3) is 5.91 Å². The number of hydrogen-bond donors (Lipinski definition) is 3. The summed E-state index contributed by atoms with van der Waals surface area (Å²) in [5.41, 5.74) is 5.58. The first-order valence-electron chi connectivity index (χ1n) is 12.5. The fraction of sp³-hybridized carbons (Fsp3) is 0.538. The smallest absolute Gasteiger partial charge is 0.369 e. The molecule has 1 saturated heterocycles. The van der Waals surface area contributed by atoms with Gasteiger partial charge in [-0.15, -0.1) is 0 Å². The second-order valence-electron chi connectivity index (χ2n) is 9.65. The van der Waals surface area contributed by atoms with Gasteiger partial charge in [-0.05, 0) is 44.2 Å². The summed E-state index contributed by atoms with van der Waals surface area (Å²) in [6.07, 6.45) is -0.472. The third-order valence-electron chi connectivity index (χ3n) is 6.98. The summed E-state index contributed by atoms with van der Waals surface area (Å²) in [6.45, 7) is 2.94. The molecule has 1 aromatic carbocycles. The number of aromatic nitrogens is 2. The first-order valence-corrected chi connectivity index (χ1v) is 12.5. The predicted octanol–water partition coefficient (Wildman–Crippen LogP) is 4.11. The second kappa shape index (κ2) is 12.4. The van der Waals surface area contributed by atoms with Crippen LogP contribution in [0.4, 0.5) is 30.6 Å². The van der Waals surface area contributed by atoms with Gasteiger partial charge in [-0.25, -0.2) is 4.98 Å². The van der Waals surface area contributed by atoms with Gasteiger partial charge in [0, 0.05) is 49.7 Å². The highest BCUT2D eigenvalue weighted by Gasteiger charge is 2.37. The quantitative estimate of drug-likeness (QED) is 0.477. The van der Waals surface area contributed by atoms with Crippen molar-refractivity contribution in [1.29, 1.82) is 0 Å². The van der Waals surface area contributed by atoms with E-state index in [-0.39, 0.29) is 19.3 Å². The highest BCUT2D eigenvalue weighted by molar-refractivity contribution is 5.94. The number of primary amides is 1. The Morgan fingerprint density at radius 3 is 2.32 bits per heavy atom. The lowest BCUT2D eigenvalue weighted by Crippen LogP contribution is -2.47. The Morgan fingerprint density at radius 1 is 1.03 bits per heavy atom. The van der Waals surface area contributed by atoms with Crippen LogP contribution in [0.1, 0.15) is 55.5 Å². The summed E-state index contributed by atoms with van der Waals surface area (Å²) in [6, 6.07) is 6.09. The third-order valence-corrected chi connectivity index (χ3v) is 6.98. The fourth-order valence-corrected chi connectivity index (χ4v) is 4.77. The zero-order chi connectivity index (χ0) is 26.6. The van der Waals surface area contributed by atoms with Gasteiger partial charge in [0.15, 0.2) is 0 Å². The number of amides is 2. The lowest BCUT2D eigenvalue weighted by atomic mass is 9.94. The van der Waals surface area contributed by atoms with E-state index in [9.17, 15) is 22.8 Å². The van der Waals surface area contributed by atoms with Gasteiger partial charge in [-0.3, -0.25) is 9.59 Å². The highest BCUT2D eigenvalue weighted by Crippen LogP contribution is 2.36. The van der Waals surface area contributed by atoms with Crippen molar-refractivity contribution in [3.05, 3.63) is 41.6 Å². The van der Waals surface area contributed by atoms with E-state index in [1.54, 1.807) is 29.2 Å². The molecule has 2 amide bonds. The molecular weight excluding hydrogens is 499 g/mol. The number of benzene rings is 1. The molecule has 1 saturated carbocycles. The Labute approximate surface area is 221 Å². The number of nitrogens with one attached hydrogen (secondary N) is 2. The van der Waals surface area contributed by atoms with Crippen molar-refractivity contribution in [3.63, 3.8) is 0 Å². The molecule has 2 fully saturated rings. The molecule has 0 radical (unpaired) electrons. The molecule has 2 heterocycles. The number of hydrogen-bond acceptors (Lipinski definition) is 7. The number of rotatable bonds is 6. The molecule has 2 aliphatic rings. The van der Waals surface area contributed by atoms with E-state index in [0.29, 0.717) is 37.2 Å². The van der Waals surface area contributed by atoms with Crippen LogP contribution in [-0.2, 0) is 11.0 Å². The van der Waals surface area contributed by atoms with Gasteiger partial charge >= 0.3 is 6.18 Å². The maximum atomic E-state index is 13.7. The molecule has 1 aliphatic carbocycles. The Morgan fingerprint density at radius 2 is 1.68 bits per heavy atom.